The Kier molecular flexibility index (Phi) is 6.72. The van der Waals surface area contributed by atoms with Gasteiger partial charge < -0.3 is 15.5 Å². The van der Waals surface area contributed by atoms with Crippen LogP contribution < -0.4 is 5.32 Å². The summed E-state index contributed by atoms with van der Waals surface area (Å²) in [5, 5.41) is 20.9. The fraction of sp³-hybridized carbons (Fsp3) is 0.318. The number of aromatic nitrogens is 2. The molecule has 0 aliphatic heterocycles. The van der Waals surface area contributed by atoms with Crippen LogP contribution in [0.2, 0.25) is 0 Å². The molecular formula is C22H24FN3O3. The smallest absolute Gasteiger partial charge is 0.335 e. The van der Waals surface area contributed by atoms with Crippen LogP contribution in [0.5, 0.6) is 0 Å². The maximum atomic E-state index is 13.1. The van der Waals surface area contributed by atoms with Gasteiger partial charge in [-0.25, -0.2) is 19.2 Å². The van der Waals surface area contributed by atoms with Crippen molar-refractivity contribution in [3.63, 3.8) is 0 Å². The summed E-state index contributed by atoms with van der Waals surface area (Å²) < 4.78 is 13.1. The lowest BCUT2D eigenvalue weighted by atomic mass is 9.98. The molecule has 0 atom stereocenters. The van der Waals surface area contributed by atoms with E-state index in [1.807, 2.05) is 0 Å². The first-order chi connectivity index (χ1) is 14.0. The van der Waals surface area contributed by atoms with Gasteiger partial charge in [-0.3, -0.25) is 0 Å². The van der Waals surface area contributed by atoms with Crippen molar-refractivity contribution in [2.75, 3.05) is 12.4 Å². The monoisotopic (exact) mass is 397 g/mol. The Morgan fingerprint density at radius 2 is 1.72 bits per heavy atom. The average Bonchev–Trinajstić information content (AvgIpc) is 2.74. The van der Waals surface area contributed by atoms with E-state index >= 15 is 0 Å². The lowest BCUT2D eigenvalue weighted by molar-refractivity contribution is 0.0697. The number of halogens is 1. The number of aliphatic hydroxyl groups excluding tert-OH is 1. The molecule has 1 aliphatic rings. The van der Waals surface area contributed by atoms with E-state index in [1.165, 1.54) is 43.5 Å². The molecule has 1 fully saturated rings. The Morgan fingerprint density at radius 3 is 2.28 bits per heavy atom. The molecule has 0 unspecified atom stereocenters. The Hall–Kier alpha value is -3.06. The Morgan fingerprint density at radius 1 is 1.03 bits per heavy atom. The molecule has 0 amide bonds. The predicted octanol–water partition coefficient (Wildman–Crippen LogP) is 4.49. The molecule has 3 aromatic rings. The number of aromatic carboxylic acids is 1. The van der Waals surface area contributed by atoms with Crippen LogP contribution >= 0.6 is 0 Å². The standard InChI is InChI=1S/C16H12FN3O2.C6H12O/c1-18-15-14(9-2-5-11(17)6-3-9)19-12-7-4-10(16(21)22)8-13(12)20-15;7-6-4-2-1-3-5-6/h2-8H,1H3,(H,18,20)(H,21,22);6-7H,1-5H2. The summed E-state index contributed by atoms with van der Waals surface area (Å²) >= 11 is 0. The summed E-state index contributed by atoms with van der Waals surface area (Å²) in [6, 6.07) is 10.5. The Bertz CT molecular complexity index is 987. The zero-order valence-electron chi connectivity index (χ0n) is 16.2. The molecule has 1 heterocycles. The first-order valence-corrected chi connectivity index (χ1v) is 9.65. The normalized spacial score (nSPS) is 14.2. The SMILES string of the molecule is CNc1nc2cc(C(=O)O)ccc2nc1-c1ccc(F)cc1.OC1CCCCC1. The van der Waals surface area contributed by atoms with Gasteiger partial charge in [-0.2, -0.15) is 0 Å². The zero-order valence-corrected chi connectivity index (χ0v) is 16.2. The fourth-order valence-corrected chi connectivity index (χ4v) is 3.25. The molecular weight excluding hydrogens is 373 g/mol. The number of carboxylic acid groups (broad SMARTS) is 1. The molecule has 1 aliphatic carbocycles. The number of carboxylic acids is 1. The number of rotatable bonds is 3. The lowest BCUT2D eigenvalue weighted by Gasteiger charge is -2.14. The Labute approximate surface area is 168 Å². The lowest BCUT2D eigenvalue weighted by Crippen LogP contribution is -2.09. The molecule has 1 aromatic heterocycles. The molecule has 2 aromatic carbocycles. The van der Waals surface area contributed by atoms with Crippen molar-refractivity contribution in [2.24, 2.45) is 0 Å². The second-order valence-corrected chi connectivity index (χ2v) is 6.98. The van der Waals surface area contributed by atoms with Gasteiger partial charge in [0.1, 0.15) is 11.5 Å². The molecule has 0 bridgehead atoms. The van der Waals surface area contributed by atoms with Crippen LogP contribution in [0.3, 0.4) is 0 Å². The summed E-state index contributed by atoms with van der Waals surface area (Å²) in [5.41, 5.74) is 2.51. The van der Waals surface area contributed by atoms with Crippen molar-refractivity contribution < 1.29 is 19.4 Å². The van der Waals surface area contributed by atoms with Crippen LogP contribution in [0.4, 0.5) is 10.2 Å². The molecule has 152 valence electrons. The van der Waals surface area contributed by atoms with Gasteiger partial charge in [-0.05, 0) is 55.3 Å². The highest BCUT2D eigenvalue weighted by Crippen LogP contribution is 2.27. The molecule has 1 saturated carbocycles. The number of nitrogens with one attached hydrogen (secondary N) is 1. The van der Waals surface area contributed by atoms with Crippen molar-refractivity contribution >= 4 is 22.8 Å². The van der Waals surface area contributed by atoms with Gasteiger partial charge in [0.05, 0.1) is 22.7 Å². The van der Waals surface area contributed by atoms with Crippen LogP contribution in [0.15, 0.2) is 42.5 Å². The van der Waals surface area contributed by atoms with Crippen molar-refractivity contribution in [3.8, 4) is 11.3 Å². The molecule has 0 spiro atoms. The van der Waals surface area contributed by atoms with E-state index in [0.717, 1.165) is 18.4 Å². The largest absolute Gasteiger partial charge is 0.478 e. The summed E-state index contributed by atoms with van der Waals surface area (Å²) in [6.07, 6.45) is 5.92. The number of benzene rings is 2. The molecule has 0 saturated heterocycles. The number of fused-ring (bicyclic) bond motifs is 1. The summed E-state index contributed by atoms with van der Waals surface area (Å²) in [4.78, 5) is 19.9. The van der Waals surface area contributed by atoms with Gasteiger partial charge in [0.2, 0.25) is 0 Å². The highest BCUT2D eigenvalue weighted by molar-refractivity contribution is 5.93. The number of aliphatic hydroxyl groups is 1. The van der Waals surface area contributed by atoms with E-state index in [1.54, 1.807) is 25.2 Å². The van der Waals surface area contributed by atoms with Crippen molar-refractivity contribution in [3.05, 3.63) is 53.8 Å². The van der Waals surface area contributed by atoms with E-state index in [9.17, 15) is 9.18 Å². The summed E-state index contributed by atoms with van der Waals surface area (Å²) in [7, 11) is 1.70. The molecule has 4 rings (SSSR count). The third-order valence-electron chi connectivity index (χ3n) is 4.84. The van der Waals surface area contributed by atoms with Crippen LogP contribution in [0.1, 0.15) is 42.5 Å². The minimum atomic E-state index is -1.02. The van der Waals surface area contributed by atoms with Gasteiger partial charge >= 0.3 is 5.97 Å². The van der Waals surface area contributed by atoms with Crippen LogP contribution in [-0.2, 0) is 0 Å². The van der Waals surface area contributed by atoms with Crippen molar-refractivity contribution in [1.82, 2.24) is 9.97 Å². The zero-order chi connectivity index (χ0) is 20.8. The number of hydrogen-bond donors (Lipinski definition) is 3. The highest BCUT2D eigenvalue weighted by atomic mass is 19.1. The summed E-state index contributed by atoms with van der Waals surface area (Å²) in [5.74, 6) is -0.839. The van der Waals surface area contributed by atoms with Crippen molar-refractivity contribution in [2.45, 2.75) is 38.2 Å². The average molecular weight is 397 g/mol. The van der Waals surface area contributed by atoms with E-state index < -0.39 is 5.97 Å². The van der Waals surface area contributed by atoms with Crippen LogP contribution in [0.25, 0.3) is 22.3 Å². The quantitative estimate of drug-likeness (QED) is 0.603. The fourth-order valence-electron chi connectivity index (χ4n) is 3.25. The third-order valence-corrected chi connectivity index (χ3v) is 4.84. The maximum absolute atomic E-state index is 13.1. The van der Waals surface area contributed by atoms with E-state index in [2.05, 4.69) is 15.3 Å². The molecule has 29 heavy (non-hydrogen) atoms. The number of nitrogens with zero attached hydrogens (tertiary/aromatic N) is 2. The minimum absolute atomic E-state index is 0.0359. The second kappa shape index (κ2) is 9.43. The van der Waals surface area contributed by atoms with Gasteiger partial charge in [0.15, 0.2) is 5.82 Å². The van der Waals surface area contributed by atoms with E-state index in [0.29, 0.717) is 22.5 Å². The summed E-state index contributed by atoms with van der Waals surface area (Å²) in [6.45, 7) is 0. The minimum Gasteiger partial charge on any atom is -0.478 e. The van der Waals surface area contributed by atoms with Crippen molar-refractivity contribution in [1.29, 1.82) is 0 Å². The number of anilines is 1. The number of carbonyl (C=O) groups is 1. The maximum Gasteiger partial charge on any atom is 0.335 e. The van der Waals surface area contributed by atoms with Crippen LogP contribution in [0, 0.1) is 5.82 Å². The molecule has 0 radical (unpaired) electrons. The van der Waals surface area contributed by atoms with E-state index in [4.69, 9.17) is 10.2 Å². The van der Waals surface area contributed by atoms with Crippen LogP contribution in [-0.4, -0.2) is 39.3 Å². The number of hydrogen-bond acceptors (Lipinski definition) is 5. The third kappa shape index (κ3) is 5.26. The molecule has 6 nitrogen and oxygen atoms in total. The molecule has 3 N–H and O–H groups in total. The predicted molar refractivity (Wildman–Crippen MR) is 111 cm³/mol. The Balaban J connectivity index is 0.000000290. The first-order valence-electron chi connectivity index (χ1n) is 9.65. The topological polar surface area (TPSA) is 95.3 Å². The van der Waals surface area contributed by atoms with Gasteiger partial charge in [-0.15, -0.1) is 0 Å². The molecule has 7 heteroatoms. The highest BCUT2D eigenvalue weighted by Gasteiger charge is 2.12. The van der Waals surface area contributed by atoms with Gasteiger partial charge in [0.25, 0.3) is 0 Å². The second-order valence-electron chi connectivity index (χ2n) is 6.98. The van der Waals surface area contributed by atoms with Gasteiger partial charge in [0, 0.05) is 12.6 Å². The van der Waals surface area contributed by atoms with Gasteiger partial charge in [-0.1, -0.05) is 19.3 Å². The first kappa shape index (κ1) is 20.7. The van der Waals surface area contributed by atoms with E-state index in [-0.39, 0.29) is 17.5 Å².